The van der Waals surface area contributed by atoms with E-state index < -0.39 is 5.82 Å². The monoisotopic (exact) mass is 400 g/mol. The van der Waals surface area contributed by atoms with Crippen molar-refractivity contribution in [2.24, 2.45) is 0 Å². The van der Waals surface area contributed by atoms with Crippen molar-refractivity contribution >= 4 is 11.6 Å². The Morgan fingerprint density at radius 2 is 1.86 bits per heavy atom. The van der Waals surface area contributed by atoms with Gasteiger partial charge in [-0.1, -0.05) is 48.9 Å². The number of para-hydroxylation sites is 1. The number of halogens is 2. The van der Waals surface area contributed by atoms with Crippen LogP contribution in [0.2, 0.25) is 5.02 Å². The van der Waals surface area contributed by atoms with Crippen molar-refractivity contribution in [1.29, 1.82) is 0 Å². The molecule has 0 aliphatic heterocycles. The second-order valence-corrected chi connectivity index (χ2v) is 6.91. The van der Waals surface area contributed by atoms with E-state index in [1.54, 1.807) is 54.7 Å². The molecule has 146 valence electrons. The van der Waals surface area contributed by atoms with E-state index in [0.29, 0.717) is 23.3 Å². The SMILES string of the molecule is CC[C@@H](N[C@H](C)c1ccc[nH]c1=O)c1ccc(Cl)c(Oc2ccccc2)c1F. The maximum Gasteiger partial charge on any atom is 0.252 e. The minimum absolute atomic E-state index is 0.00386. The molecule has 3 rings (SSSR count). The van der Waals surface area contributed by atoms with Gasteiger partial charge in [0.2, 0.25) is 0 Å². The van der Waals surface area contributed by atoms with Crippen LogP contribution in [0.4, 0.5) is 4.39 Å². The molecule has 0 saturated carbocycles. The Balaban J connectivity index is 1.89. The molecule has 0 amide bonds. The number of hydrogen-bond acceptors (Lipinski definition) is 3. The Kier molecular flexibility index (Phi) is 6.49. The number of H-pyrrole nitrogens is 1. The summed E-state index contributed by atoms with van der Waals surface area (Å²) in [6.07, 6.45) is 2.21. The third-order valence-electron chi connectivity index (χ3n) is 4.59. The number of nitrogens with one attached hydrogen (secondary N) is 2. The third-order valence-corrected chi connectivity index (χ3v) is 4.89. The van der Waals surface area contributed by atoms with Gasteiger partial charge in [0.05, 0.1) is 5.02 Å². The second-order valence-electron chi connectivity index (χ2n) is 6.50. The van der Waals surface area contributed by atoms with Crippen LogP contribution >= 0.6 is 11.6 Å². The number of aromatic nitrogens is 1. The summed E-state index contributed by atoms with van der Waals surface area (Å²) in [5.41, 5.74) is 0.871. The maximum absolute atomic E-state index is 15.3. The van der Waals surface area contributed by atoms with E-state index in [2.05, 4.69) is 10.3 Å². The van der Waals surface area contributed by atoms with Crippen molar-refractivity contribution < 1.29 is 9.13 Å². The van der Waals surface area contributed by atoms with Crippen LogP contribution in [0.15, 0.2) is 65.6 Å². The first-order valence-corrected chi connectivity index (χ1v) is 9.53. The van der Waals surface area contributed by atoms with Gasteiger partial charge in [0, 0.05) is 29.4 Å². The number of ether oxygens (including phenoxy) is 1. The van der Waals surface area contributed by atoms with Crippen LogP contribution in [-0.2, 0) is 0 Å². The molecule has 0 spiro atoms. The number of rotatable bonds is 7. The van der Waals surface area contributed by atoms with Crippen molar-refractivity contribution in [3.63, 3.8) is 0 Å². The van der Waals surface area contributed by atoms with E-state index in [1.807, 2.05) is 19.9 Å². The Morgan fingerprint density at radius 3 is 2.54 bits per heavy atom. The van der Waals surface area contributed by atoms with Crippen molar-refractivity contribution in [2.45, 2.75) is 32.4 Å². The summed E-state index contributed by atoms with van der Waals surface area (Å²) in [4.78, 5) is 14.7. The van der Waals surface area contributed by atoms with E-state index >= 15 is 4.39 Å². The Labute approximate surface area is 168 Å². The zero-order chi connectivity index (χ0) is 20.1. The molecule has 3 aromatic rings. The molecule has 0 radical (unpaired) electrons. The molecule has 0 aliphatic rings. The van der Waals surface area contributed by atoms with Gasteiger partial charge in [-0.25, -0.2) is 4.39 Å². The molecule has 0 bridgehead atoms. The summed E-state index contributed by atoms with van der Waals surface area (Å²) in [6, 6.07) is 15.2. The fourth-order valence-electron chi connectivity index (χ4n) is 3.11. The third kappa shape index (κ3) is 4.43. The van der Waals surface area contributed by atoms with Crippen LogP contribution in [0, 0.1) is 5.82 Å². The molecule has 1 aromatic heterocycles. The van der Waals surface area contributed by atoms with Crippen molar-refractivity contribution in [3.05, 3.63) is 93.1 Å². The van der Waals surface area contributed by atoms with Crippen molar-refractivity contribution in [2.75, 3.05) is 0 Å². The van der Waals surface area contributed by atoms with E-state index in [1.165, 1.54) is 0 Å². The van der Waals surface area contributed by atoms with E-state index in [4.69, 9.17) is 16.3 Å². The zero-order valence-electron chi connectivity index (χ0n) is 15.7. The van der Waals surface area contributed by atoms with Gasteiger partial charge in [0.25, 0.3) is 5.56 Å². The summed E-state index contributed by atoms with van der Waals surface area (Å²) in [7, 11) is 0. The van der Waals surface area contributed by atoms with E-state index in [-0.39, 0.29) is 28.4 Å². The molecule has 4 nitrogen and oxygen atoms in total. The highest BCUT2D eigenvalue weighted by Gasteiger charge is 2.22. The Hall–Kier alpha value is -2.63. The molecule has 2 N–H and O–H groups in total. The second kappa shape index (κ2) is 9.04. The van der Waals surface area contributed by atoms with Gasteiger partial charge in [-0.2, -0.15) is 0 Å². The molecule has 1 heterocycles. The normalized spacial score (nSPS) is 13.1. The molecule has 2 aromatic carbocycles. The van der Waals surface area contributed by atoms with E-state index in [0.717, 1.165) is 0 Å². The van der Waals surface area contributed by atoms with Gasteiger partial charge in [-0.05, 0) is 37.6 Å². The molecular formula is C22H22ClFN2O2. The highest BCUT2D eigenvalue weighted by molar-refractivity contribution is 6.32. The molecule has 2 atom stereocenters. The first-order valence-electron chi connectivity index (χ1n) is 9.15. The molecule has 0 aliphatic carbocycles. The number of pyridine rings is 1. The first-order chi connectivity index (χ1) is 13.5. The van der Waals surface area contributed by atoms with Gasteiger partial charge in [-0.15, -0.1) is 0 Å². The zero-order valence-corrected chi connectivity index (χ0v) is 16.5. The predicted octanol–water partition coefficient (Wildman–Crippen LogP) is 5.76. The highest BCUT2D eigenvalue weighted by atomic mass is 35.5. The lowest BCUT2D eigenvalue weighted by Gasteiger charge is -2.24. The van der Waals surface area contributed by atoms with Crippen LogP contribution in [0.5, 0.6) is 11.5 Å². The predicted molar refractivity (Wildman–Crippen MR) is 110 cm³/mol. The number of benzene rings is 2. The summed E-state index contributed by atoms with van der Waals surface area (Å²) in [5, 5.41) is 3.53. The smallest absolute Gasteiger partial charge is 0.252 e. The Morgan fingerprint density at radius 1 is 1.11 bits per heavy atom. The van der Waals surface area contributed by atoms with Crippen LogP contribution < -0.4 is 15.6 Å². The largest absolute Gasteiger partial charge is 0.453 e. The quantitative estimate of drug-likeness (QED) is 0.530. The molecule has 28 heavy (non-hydrogen) atoms. The number of hydrogen-bond donors (Lipinski definition) is 2. The standard InChI is InChI=1S/C22H22ClFN2O2/c1-3-19(26-14(2)16-10-7-13-25-22(16)27)17-11-12-18(23)21(20(17)24)28-15-8-5-4-6-9-15/h4-14,19,26H,3H2,1-2H3,(H,25,27)/t14-,19-/m1/s1. The minimum Gasteiger partial charge on any atom is -0.453 e. The van der Waals surface area contributed by atoms with Crippen LogP contribution in [-0.4, -0.2) is 4.98 Å². The van der Waals surface area contributed by atoms with Crippen LogP contribution in [0.25, 0.3) is 0 Å². The highest BCUT2D eigenvalue weighted by Crippen LogP contribution is 2.37. The summed E-state index contributed by atoms with van der Waals surface area (Å²) >= 11 is 6.19. The van der Waals surface area contributed by atoms with Crippen LogP contribution in [0.3, 0.4) is 0 Å². The summed E-state index contributed by atoms with van der Waals surface area (Å²) in [5.74, 6) is -0.00801. The molecule has 6 heteroatoms. The number of aromatic amines is 1. The van der Waals surface area contributed by atoms with E-state index in [9.17, 15) is 4.79 Å². The average molecular weight is 401 g/mol. The molecular weight excluding hydrogens is 379 g/mol. The van der Waals surface area contributed by atoms with Gasteiger partial charge < -0.3 is 15.0 Å². The van der Waals surface area contributed by atoms with Crippen molar-refractivity contribution in [1.82, 2.24) is 10.3 Å². The topological polar surface area (TPSA) is 54.1 Å². The molecule has 0 unspecified atom stereocenters. The van der Waals surface area contributed by atoms with Crippen molar-refractivity contribution in [3.8, 4) is 11.5 Å². The fourth-order valence-corrected chi connectivity index (χ4v) is 3.30. The fraction of sp³-hybridized carbons (Fsp3) is 0.227. The molecule has 0 saturated heterocycles. The lowest BCUT2D eigenvalue weighted by atomic mass is 10.0. The lowest BCUT2D eigenvalue weighted by Crippen LogP contribution is -2.29. The lowest BCUT2D eigenvalue weighted by molar-refractivity contribution is 0.409. The van der Waals surface area contributed by atoms with Gasteiger partial charge >= 0.3 is 0 Å². The Bertz CT molecular complexity index is 991. The van der Waals surface area contributed by atoms with Gasteiger partial charge in [0.15, 0.2) is 11.6 Å². The first kappa shape index (κ1) is 20.1. The van der Waals surface area contributed by atoms with Gasteiger partial charge in [0.1, 0.15) is 5.75 Å². The average Bonchev–Trinajstić information content (AvgIpc) is 2.71. The summed E-state index contributed by atoms with van der Waals surface area (Å²) in [6.45, 7) is 3.83. The van der Waals surface area contributed by atoms with Crippen LogP contribution in [0.1, 0.15) is 43.5 Å². The maximum atomic E-state index is 15.3. The molecule has 0 fully saturated rings. The minimum atomic E-state index is -0.509. The summed E-state index contributed by atoms with van der Waals surface area (Å²) < 4.78 is 21.0. The van der Waals surface area contributed by atoms with Gasteiger partial charge in [-0.3, -0.25) is 4.79 Å².